The fourth-order valence-electron chi connectivity index (χ4n) is 4.33. The largest absolute Gasteiger partial charge is 0.378 e. The summed E-state index contributed by atoms with van der Waals surface area (Å²) in [5, 5.41) is 8.54. The quantitative estimate of drug-likeness (QED) is 0.742. The van der Waals surface area contributed by atoms with Crippen molar-refractivity contribution >= 4 is 11.6 Å². The average Bonchev–Trinajstić information content (AvgIpc) is 3.12. The second-order valence-electron chi connectivity index (χ2n) is 8.25. The lowest BCUT2D eigenvalue weighted by Crippen LogP contribution is -2.38. The van der Waals surface area contributed by atoms with Crippen molar-refractivity contribution in [1.29, 1.82) is 0 Å². The maximum absolute atomic E-state index is 5.56. The molecular formula is C22H34N6O2. The number of nitrogens with zero attached hydrogens (tertiary/aromatic N) is 5. The van der Waals surface area contributed by atoms with Gasteiger partial charge in [0.05, 0.1) is 32.1 Å². The van der Waals surface area contributed by atoms with Crippen molar-refractivity contribution in [2.24, 2.45) is 7.05 Å². The maximum atomic E-state index is 5.56. The molecular weight excluding hydrogens is 380 g/mol. The molecule has 2 aliphatic heterocycles. The van der Waals surface area contributed by atoms with E-state index in [2.05, 4.69) is 47.1 Å². The lowest BCUT2D eigenvalue weighted by atomic mass is 10.0. The van der Waals surface area contributed by atoms with Gasteiger partial charge in [0.15, 0.2) is 0 Å². The first kappa shape index (κ1) is 21.1. The maximum Gasteiger partial charge on any atom is 0.133 e. The molecule has 0 aromatic carbocycles. The summed E-state index contributed by atoms with van der Waals surface area (Å²) in [6.07, 6.45) is 1.88. The summed E-state index contributed by atoms with van der Waals surface area (Å²) in [5.41, 5.74) is 3.69. The standard InChI is InChI=1S/C22H34N6O2/c1-17(2)20-19(22(26(3)25-20)28-9-13-30-14-10-28)16-23-15-18-5-4-6-24-21(18)27-7-11-29-12-8-27/h4-6,17,23H,7-16H2,1-3H3. The van der Waals surface area contributed by atoms with Crippen LogP contribution in [0.2, 0.25) is 0 Å². The molecule has 2 fully saturated rings. The highest BCUT2D eigenvalue weighted by molar-refractivity contribution is 5.52. The van der Waals surface area contributed by atoms with Crippen LogP contribution in [-0.2, 0) is 29.6 Å². The van der Waals surface area contributed by atoms with E-state index in [0.29, 0.717) is 5.92 Å². The number of aryl methyl sites for hydroxylation is 1. The van der Waals surface area contributed by atoms with Crippen molar-refractivity contribution in [3.05, 3.63) is 35.2 Å². The Morgan fingerprint density at radius 1 is 1.00 bits per heavy atom. The van der Waals surface area contributed by atoms with Crippen molar-refractivity contribution in [1.82, 2.24) is 20.1 Å². The van der Waals surface area contributed by atoms with Gasteiger partial charge in [-0.2, -0.15) is 5.10 Å². The minimum atomic E-state index is 0.380. The zero-order valence-corrected chi connectivity index (χ0v) is 18.4. The number of pyridine rings is 1. The number of ether oxygens (including phenoxy) is 2. The van der Waals surface area contributed by atoms with Crippen LogP contribution in [0.5, 0.6) is 0 Å². The van der Waals surface area contributed by atoms with Crippen LogP contribution in [0.4, 0.5) is 11.6 Å². The van der Waals surface area contributed by atoms with Gasteiger partial charge in [-0.3, -0.25) is 4.68 Å². The Kier molecular flexibility index (Phi) is 6.86. The molecule has 2 aliphatic rings. The molecule has 164 valence electrons. The number of rotatable bonds is 7. The van der Waals surface area contributed by atoms with E-state index in [9.17, 15) is 0 Å². The fourth-order valence-corrected chi connectivity index (χ4v) is 4.33. The van der Waals surface area contributed by atoms with Gasteiger partial charge in [-0.05, 0) is 12.0 Å². The van der Waals surface area contributed by atoms with Gasteiger partial charge in [-0.1, -0.05) is 19.9 Å². The van der Waals surface area contributed by atoms with Crippen LogP contribution in [0.25, 0.3) is 0 Å². The summed E-state index contributed by atoms with van der Waals surface area (Å²) in [5.74, 6) is 2.66. The third-order valence-corrected chi connectivity index (χ3v) is 5.80. The van der Waals surface area contributed by atoms with Crippen molar-refractivity contribution in [3.63, 3.8) is 0 Å². The first-order chi connectivity index (χ1) is 14.6. The van der Waals surface area contributed by atoms with E-state index in [1.807, 2.05) is 16.9 Å². The van der Waals surface area contributed by atoms with Gasteiger partial charge in [0, 0.05) is 63.6 Å². The highest BCUT2D eigenvalue weighted by Gasteiger charge is 2.24. The number of morpholine rings is 2. The van der Waals surface area contributed by atoms with E-state index in [4.69, 9.17) is 14.6 Å². The summed E-state index contributed by atoms with van der Waals surface area (Å²) < 4.78 is 13.1. The van der Waals surface area contributed by atoms with Crippen LogP contribution in [-0.4, -0.2) is 67.4 Å². The van der Waals surface area contributed by atoms with Crippen LogP contribution in [0.1, 0.15) is 36.6 Å². The monoisotopic (exact) mass is 414 g/mol. The van der Waals surface area contributed by atoms with Gasteiger partial charge in [-0.25, -0.2) is 4.98 Å². The molecule has 4 heterocycles. The smallest absolute Gasteiger partial charge is 0.133 e. The van der Waals surface area contributed by atoms with E-state index in [1.54, 1.807) is 0 Å². The first-order valence-electron chi connectivity index (χ1n) is 11.0. The summed E-state index contributed by atoms with van der Waals surface area (Å²) in [6.45, 7) is 12.7. The molecule has 0 radical (unpaired) electrons. The summed E-state index contributed by atoms with van der Waals surface area (Å²) in [6, 6.07) is 4.18. The van der Waals surface area contributed by atoms with Gasteiger partial charge in [0.25, 0.3) is 0 Å². The fraction of sp³-hybridized carbons (Fsp3) is 0.636. The summed E-state index contributed by atoms with van der Waals surface area (Å²) >= 11 is 0. The highest BCUT2D eigenvalue weighted by atomic mass is 16.5. The van der Waals surface area contributed by atoms with Gasteiger partial charge < -0.3 is 24.6 Å². The van der Waals surface area contributed by atoms with Crippen LogP contribution in [0, 0.1) is 0 Å². The Balaban J connectivity index is 1.50. The molecule has 2 saturated heterocycles. The molecule has 2 aromatic heterocycles. The number of nitrogens with one attached hydrogen (secondary N) is 1. The van der Waals surface area contributed by atoms with Gasteiger partial charge >= 0.3 is 0 Å². The van der Waals surface area contributed by atoms with Crippen molar-refractivity contribution in [3.8, 4) is 0 Å². The number of hydrogen-bond donors (Lipinski definition) is 1. The molecule has 0 unspecified atom stereocenters. The van der Waals surface area contributed by atoms with E-state index in [0.717, 1.165) is 71.5 Å². The predicted octanol–water partition coefficient (Wildman–Crippen LogP) is 1.90. The van der Waals surface area contributed by atoms with Crippen LogP contribution < -0.4 is 15.1 Å². The zero-order valence-electron chi connectivity index (χ0n) is 18.4. The van der Waals surface area contributed by atoms with Gasteiger partial charge in [0.1, 0.15) is 11.6 Å². The van der Waals surface area contributed by atoms with E-state index in [-0.39, 0.29) is 0 Å². The molecule has 0 amide bonds. The van der Waals surface area contributed by atoms with Crippen molar-refractivity contribution in [2.45, 2.75) is 32.9 Å². The molecule has 30 heavy (non-hydrogen) atoms. The molecule has 0 atom stereocenters. The lowest BCUT2D eigenvalue weighted by molar-refractivity contribution is 0.122. The Morgan fingerprint density at radius 2 is 1.67 bits per heavy atom. The Hall–Kier alpha value is -2.16. The first-order valence-corrected chi connectivity index (χ1v) is 11.0. The Bertz CT molecular complexity index is 825. The van der Waals surface area contributed by atoms with Crippen LogP contribution in [0.15, 0.2) is 18.3 Å². The van der Waals surface area contributed by atoms with Crippen LogP contribution in [0.3, 0.4) is 0 Å². The van der Waals surface area contributed by atoms with Crippen molar-refractivity contribution in [2.75, 3.05) is 62.4 Å². The second kappa shape index (κ2) is 9.76. The molecule has 2 aromatic rings. The third-order valence-electron chi connectivity index (χ3n) is 5.80. The minimum absolute atomic E-state index is 0.380. The molecule has 0 aliphatic carbocycles. The molecule has 8 nitrogen and oxygen atoms in total. The average molecular weight is 415 g/mol. The Labute approximate surface area is 179 Å². The summed E-state index contributed by atoms with van der Waals surface area (Å²) in [4.78, 5) is 9.39. The number of anilines is 2. The number of hydrogen-bond acceptors (Lipinski definition) is 7. The SMILES string of the molecule is CC(C)c1nn(C)c(N2CCOCC2)c1CNCc1cccnc1N1CCOCC1. The summed E-state index contributed by atoms with van der Waals surface area (Å²) in [7, 11) is 2.05. The van der Waals surface area contributed by atoms with Gasteiger partial charge in [0.2, 0.25) is 0 Å². The molecule has 4 rings (SSSR count). The minimum Gasteiger partial charge on any atom is -0.378 e. The lowest BCUT2D eigenvalue weighted by Gasteiger charge is -2.30. The number of aromatic nitrogens is 3. The van der Waals surface area contributed by atoms with E-state index >= 15 is 0 Å². The zero-order chi connectivity index (χ0) is 20.9. The third kappa shape index (κ3) is 4.61. The van der Waals surface area contributed by atoms with E-state index in [1.165, 1.54) is 22.6 Å². The Morgan fingerprint density at radius 3 is 2.33 bits per heavy atom. The van der Waals surface area contributed by atoms with Crippen LogP contribution >= 0.6 is 0 Å². The molecule has 8 heteroatoms. The topological polar surface area (TPSA) is 67.7 Å². The molecule has 0 saturated carbocycles. The molecule has 0 bridgehead atoms. The highest BCUT2D eigenvalue weighted by Crippen LogP contribution is 2.29. The normalized spacial score (nSPS) is 17.7. The van der Waals surface area contributed by atoms with E-state index < -0.39 is 0 Å². The predicted molar refractivity (Wildman–Crippen MR) is 118 cm³/mol. The molecule has 1 N–H and O–H groups in total. The molecule has 0 spiro atoms. The van der Waals surface area contributed by atoms with Gasteiger partial charge in [-0.15, -0.1) is 0 Å². The van der Waals surface area contributed by atoms with Crippen molar-refractivity contribution < 1.29 is 9.47 Å². The second-order valence-corrected chi connectivity index (χ2v) is 8.25.